The summed E-state index contributed by atoms with van der Waals surface area (Å²) in [6, 6.07) is 16.4. The van der Waals surface area contributed by atoms with E-state index < -0.39 is 29.0 Å². The van der Waals surface area contributed by atoms with E-state index in [9.17, 15) is 18.4 Å². The summed E-state index contributed by atoms with van der Waals surface area (Å²) in [6.07, 6.45) is 0. The van der Waals surface area contributed by atoms with Crippen molar-refractivity contribution >= 4 is 34.2 Å². The molecule has 2 amide bonds. The van der Waals surface area contributed by atoms with Gasteiger partial charge in [0.1, 0.15) is 34.2 Å². The molecule has 6 nitrogen and oxygen atoms in total. The van der Waals surface area contributed by atoms with Crippen LogP contribution in [-0.4, -0.2) is 18.9 Å². The van der Waals surface area contributed by atoms with Gasteiger partial charge in [-0.3, -0.25) is 9.59 Å². The van der Waals surface area contributed by atoms with Crippen molar-refractivity contribution in [3.05, 3.63) is 89.7 Å². The zero-order valence-corrected chi connectivity index (χ0v) is 16.2. The first kappa shape index (κ1) is 20.1. The highest BCUT2D eigenvalue weighted by Crippen LogP contribution is 2.32. The van der Waals surface area contributed by atoms with Gasteiger partial charge in [-0.05, 0) is 36.4 Å². The summed E-state index contributed by atoms with van der Waals surface area (Å²) in [4.78, 5) is 25.5. The first-order valence-electron chi connectivity index (χ1n) is 9.20. The number of hydrogen-bond donors (Lipinski definition) is 2. The molecule has 4 aromatic rings. The minimum absolute atomic E-state index is 0.00338. The van der Waals surface area contributed by atoms with E-state index in [0.717, 1.165) is 18.2 Å². The predicted octanol–water partition coefficient (Wildman–Crippen LogP) is 5.22. The molecule has 0 spiro atoms. The van der Waals surface area contributed by atoms with E-state index in [1.54, 1.807) is 48.5 Å². The number of furan rings is 1. The number of carbonyl (C=O) groups excluding carboxylic acids is 2. The molecule has 1 aromatic heterocycles. The fraction of sp³-hybridized carbons (Fsp3) is 0.0435. The number of anilines is 2. The van der Waals surface area contributed by atoms with Gasteiger partial charge in [-0.15, -0.1) is 0 Å². The topological polar surface area (TPSA) is 80.6 Å². The summed E-state index contributed by atoms with van der Waals surface area (Å²) in [5.41, 5.74) is 0.000382. The van der Waals surface area contributed by atoms with E-state index in [2.05, 4.69) is 10.6 Å². The number of amides is 2. The number of methoxy groups -OCH3 is 1. The number of benzene rings is 3. The van der Waals surface area contributed by atoms with Crippen LogP contribution in [0.1, 0.15) is 20.9 Å². The molecule has 2 N–H and O–H groups in total. The van der Waals surface area contributed by atoms with E-state index in [4.69, 9.17) is 9.15 Å². The molecule has 0 aliphatic carbocycles. The Balaban J connectivity index is 1.72. The SMILES string of the molecule is COc1cccc(NC(=O)c2oc3ccccc3c2NC(=O)c2c(F)cccc2F)c1. The maximum absolute atomic E-state index is 14.0. The summed E-state index contributed by atoms with van der Waals surface area (Å²) in [5, 5.41) is 5.49. The molecule has 4 rings (SSSR count). The maximum atomic E-state index is 14.0. The van der Waals surface area contributed by atoms with Crippen LogP contribution in [0.15, 0.2) is 71.1 Å². The average Bonchev–Trinajstić information content (AvgIpc) is 3.12. The molecule has 8 heteroatoms. The van der Waals surface area contributed by atoms with Gasteiger partial charge < -0.3 is 19.8 Å². The number of halogens is 2. The quantitative estimate of drug-likeness (QED) is 0.462. The summed E-state index contributed by atoms with van der Waals surface area (Å²) in [5.74, 6) is -3.42. The Morgan fingerprint density at radius 1 is 0.871 bits per heavy atom. The lowest BCUT2D eigenvalue weighted by atomic mass is 10.1. The molecule has 0 aliphatic heterocycles. The van der Waals surface area contributed by atoms with Crippen molar-refractivity contribution in [2.75, 3.05) is 17.7 Å². The van der Waals surface area contributed by atoms with E-state index in [1.165, 1.54) is 7.11 Å². The molecule has 0 saturated heterocycles. The Bertz CT molecular complexity index is 1280. The molecule has 0 radical (unpaired) electrons. The van der Waals surface area contributed by atoms with Gasteiger partial charge in [0, 0.05) is 17.1 Å². The highest BCUT2D eigenvalue weighted by atomic mass is 19.1. The second kappa shape index (κ2) is 8.27. The van der Waals surface area contributed by atoms with Crippen LogP contribution in [0.3, 0.4) is 0 Å². The lowest BCUT2D eigenvalue weighted by Crippen LogP contribution is -2.19. The van der Waals surface area contributed by atoms with Crippen LogP contribution in [0.4, 0.5) is 20.2 Å². The molecule has 0 unspecified atom stereocenters. The van der Waals surface area contributed by atoms with Crippen molar-refractivity contribution < 1.29 is 27.5 Å². The van der Waals surface area contributed by atoms with E-state index >= 15 is 0 Å². The molecule has 31 heavy (non-hydrogen) atoms. The smallest absolute Gasteiger partial charge is 0.293 e. The van der Waals surface area contributed by atoms with Crippen molar-refractivity contribution in [1.29, 1.82) is 0 Å². The minimum Gasteiger partial charge on any atom is -0.497 e. The van der Waals surface area contributed by atoms with Crippen LogP contribution in [0.5, 0.6) is 5.75 Å². The Morgan fingerprint density at radius 2 is 1.58 bits per heavy atom. The lowest BCUT2D eigenvalue weighted by molar-refractivity contribution is 0.0999. The van der Waals surface area contributed by atoms with Crippen molar-refractivity contribution in [1.82, 2.24) is 0 Å². The molecule has 3 aromatic carbocycles. The third kappa shape index (κ3) is 3.95. The number of para-hydroxylation sites is 1. The molecule has 1 heterocycles. The predicted molar refractivity (Wildman–Crippen MR) is 111 cm³/mol. The fourth-order valence-electron chi connectivity index (χ4n) is 3.11. The van der Waals surface area contributed by atoms with Crippen LogP contribution >= 0.6 is 0 Å². The Kier molecular flexibility index (Phi) is 5.36. The van der Waals surface area contributed by atoms with Gasteiger partial charge in [0.05, 0.1) is 7.11 Å². The fourth-order valence-corrected chi connectivity index (χ4v) is 3.11. The summed E-state index contributed by atoms with van der Waals surface area (Å²) >= 11 is 0. The summed E-state index contributed by atoms with van der Waals surface area (Å²) < 4.78 is 38.9. The Morgan fingerprint density at radius 3 is 2.32 bits per heavy atom. The molecular formula is C23H16F2N2O4. The van der Waals surface area contributed by atoms with Gasteiger partial charge in [-0.25, -0.2) is 8.78 Å². The van der Waals surface area contributed by atoms with Gasteiger partial charge in [0.25, 0.3) is 11.8 Å². The number of fused-ring (bicyclic) bond motifs is 1. The Labute approximate surface area is 175 Å². The Hall–Kier alpha value is -4.20. The average molecular weight is 422 g/mol. The molecule has 156 valence electrons. The molecule has 0 atom stereocenters. The minimum atomic E-state index is -1.04. The number of hydrogen-bond acceptors (Lipinski definition) is 4. The van der Waals surface area contributed by atoms with E-state index in [1.807, 2.05) is 0 Å². The van der Waals surface area contributed by atoms with E-state index in [-0.39, 0.29) is 11.4 Å². The molecule has 0 fully saturated rings. The van der Waals surface area contributed by atoms with Gasteiger partial charge in [0.15, 0.2) is 0 Å². The van der Waals surface area contributed by atoms with Crippen LogP contribution in [0.25, 0.3) is 11.0 Å². The summed E-state index contributed by atoms with van der Waals surface area (Å²) in [6.45, 7) is 0. The van der Waals surface area contributed by atoms with Gasteiger partial charge in [0.2, 0.25) is 5.76 Å². The second-order valence-corrected chi connectivity index (χ2v) is 6.54. The number of ether oxygens (including phenoxy) is 1. The van der Waals surface area contributed by atoms with Crippen molar-refractivity contribution in [3.63, 3.8) is 0 Å². The molecule has 0 bridgehead atoms. The largest absolute Gasteiger partial charge is 0.497 e. The van der Waals surface area contributed by atoms with Gasteiger partial charge in [-0.1, -0.05) is 24.3 Å². The normalized spacial score (nSPS) is 10.7. The zero-order chi connectivity index (χ0) is 22.0. The van der Waals surface area contributed by atoms with Crippen LogP contribution in [0, 0.1) is 11.6 Å². The molecule has 0 saturated carbocycles. The first-order chi connectivity index (χ1) is 15.0. The lowest BCUT2D eigenvalue weighted by Gasteiger charge is -2.09. The first-order valence-corrected chi connectivity index (χ1v) is 9.20. The molecular weight excluding hydrogens is 406 g/mol. The third-order valence-corrected chi connectivity index (χ3v) is 4.56. The van der Waals surface area contributed by atoms with Crippen molar-refractivity contribution in [2.45, 2.75) is 0 Å². The third-order valence-electron chi connectivity index (χ3n) is 4.56. The number of carbonyl (C=O) groups is 2. The highest BCUT2D eigenvalue weighted by Gasteiger charge is 2.25. The van der Waals surface area contributed by atoms with Crippen LogP contribution in [-0.2, 0) is 0 Å². The summed E-state index contributed by atoms with van der Waals surface area (Å²) in [7, 11) is 1.50. The standard InChI is InChI=1S/C23H16F2N2O4/c1-30-14-7-4-6-13(12-14)26-23(29)21-20(15-8-2-3-11-18(15)31-21)27-22(28)19-16(24)9-5-10-17(19)25/h2-12H,1H3,(H,26,29)(H,27,28). The number of rotatable bonds is 5. The van der Waals surface area contributed by atoms with Crippen molar-refractivity contribution in [3.8, 4) is 5.75 Å². The highest BCUT2D eigenvalue weighted by molar-refractivity contribution is 6.17. The van der Waals surface area contributed by atoms with Gasteiger partial charge in [-0.2, -0.15) is 0 Å². The maximum Gasteiger partial charge on any atom is 0.293 e. The van der Waals surface area contributed by atoms with Crippen LogP contribution < -0.4 is 15.4 Å². The van der Waals surface area contributed by atoms with E-state index in [0.29, 0.717) is 22.4 Å². The molecule has 0 aliphatic rings. The monoisotopic (exact) mass is 422 g/mol. The zero-order valence-electron chi connectivity index (χ0n) is 16.2. The van der Waals surface area contributed by atoms with Gasteiger partial charge >= 0.3 is 0 Å². The second-order valence-electron chi connectivity index (χ2n) is 6.54. The van der Waals surface area contributed by atoms with Crippen LogP contribution in [0.2, 0.25) is 0 Å². The van der Waals surface area contributed by atoms with Crippen molar-refractivity contribution in [2.24, 2.45) is 0 Å². The number of nitrogens with one attached hydrogen (secondary N) is 2.